The van der Waals surface area contributed by atoms with Crippen molar-refractivity contribution in [1.82, 2.24) is 0 Å². The van der Waals surface area contributed by atoms with Crippen molar-refractivity contribution in [2.24, 2.45) is 23.2 Å². The zero-order chi connectivity index (χ0) is 12.3. The summed E-state index contributed by atoms with van der Waals surface area (Å²) in [6.07, 6.45) is 4.67. The summed E-state index contributed by atoms with van der Waals surface area (Å²) in [6.45, 7) is 13.9. The van der Waals surface area contributed by atoms with Crippen molar-refractivity contribution in [3.05, 3.63) is 12.2 Å². The fourth-order valence-electron chi connectivity index (χ4n) is 3.09. The normalized spacial score (nSPS) is 30.3. The molecule has 1 saturated carbocycles. The molecule has 0 radical (unpaired) electrons. The zero-order valence-electron chi connectivity index (χ0n) is 11.4. The van der Waals surface area contributed by atoms with Gasteiger partial charge in [0.2, 0.25) is 0 Å². The molecule has 3 atom stereocenters. The molecule has 1 nitrogen and oxygen atoms in total. The van der Waals surface area contributed by atoms with Gasteiger partial charge in [0.1, 0.15) is 0 Å². The van der Waals surface area contributed by atoms with Gasteiger partial charge in [-0.05, 0) is 42.4 Å². The second kappa shape index (κ2) is 5.35. The van der Waals surface area contributed by atoms with Crippen LogP contribution in [0.15, 0.2) is 12.2 Å². The van der Waals surface area contributed by atoms with Crippen molar-refractivity contribution in [3.63, 3.8) is 0 Å². The Morgan fingerprint density at radius 3 is 2.44 bits per heavy atom. The summed E-state index contributed by atoms with van der Waals surface area (Å²) in [4.78, 5) is 0. The van der Waals surface area contributed by atoms with E-state index in [-0.39, 0.29) is 0 Å². The van der Waals surface area contributed by atoms with Crippen LogP contribution in [0.3, 0.4) is 0 Å². The Morgan fingerprint density at radius 1 is 1.44 bits per heavy atom. The zero-order valence-corrected chi connectivity index (χ0v) is 11.4. The summed E-state index contributed by atoms with van der Waals surface area (Å²) in [7, 11) is 0. The first-order chi connectivity index (χ1) is 7.43. The minimum Gasteiger partial charge on any atom is -0.396 e. The quantitative estimate of drug-likeness (QED) is 0.699. The van der Waals surface area contributed by atoms with Gasteiger partial charge < -0.3 is 5.11 Å². The lowest BCUT2D eigenvalue weighted by molar-refractivity contribution is 0.196. The molecule has 0 aliphatic heterocycles. The molecule has 0 aromatic heterocycles. The largest absolute Gasteiger partial charge is 0.396 e. The van der Waals surface area contributed by atoms with Crippen LogP contribution in [0.4, 0.5) is 0 Å². The summed E-state index contributed by atoms with van der Waals surface area (Å²) in [6, 6.07) is 0. The maximum atomic E-state index is 9.26. The van der Waals surface area contributed by atoms with Gasteiger partial charge in [0, 0.05) is 6.61 Å². The molecule has 0 bridgehead atoms. The van der Waals surface area contributed by atoms with Crippen molar-refractivity contribution in [3.8, 4) is 0 Å². The predicted octanol–water partition coefficient (Wildman–Crippen LogP) is 4.02. The molecule has 1 N–H and O–H groups in total. The third-order valence-electron chi connectivity index (χ3n) is 4.94. The second-order valence-corrected chi connectivity index (χ2v) is 6.17. The lowest BCUT2D eigenvalue weighted by atomic mass is 9.72. The van der Waals surface area contributed by atoms with Gasteiger partial charge in [0.05, 0.1) is 0 Å². The van der Waals surface area contributed by atoms with E-state index < -0.39 is 0 Å². The Hall–Kier alpha value is -0.300. The lowest BCUT2D eigenvalue weighted by Crippen LogP contribution is -2.25. The van der Waals surface area contributed by atoms with Gasteiger partial charge in [-0.2, -0.15) is 0 Å². The minimum atomic E-state index is 0.304. The Kier molecular flexibility index (Phi) is 4.61. The van der Waals surface area contributed by atoms with Crippen LogP contribution in [0, 0.1) is 23.2 Å². The molecule has 0 heterocycles. The number of hydrogen-bond acceptors (Lipinski definition) is 1. The first kappa shape index (κ1) is 13.8. The SMILES string of the molecule is C=C(C[C@@H](CC)CO)C1CCC(C)C1(C)C. The van der Waals surface area contributed by atoms with Gasteiger partial charge in [0.15, 0.2) is 0 Å². The summed E-state index contributed by atoms with van der Waals surface area (Å²) < 4.78 is 0. The summed E-state index contributed by atoms with van der Waals surface area (Å²) in [5, 5.41) is 9.26. The van der Waals surface area contributed by atoms with Gasteiger partial charge in [-0.25, -0.2) is 0 Å². The van der Waals surface area contributed by atoms with Crippen molar-refractivity contribution >= 4 is 0 Å². The molecule has 16 heavy (non-hydrogen) atoms. The average Bonchev–Trinajstić information content (AvgIpc) is 2.50. The van der Waals surface area contributed by atoms with Crippen molar-refractivity contribution in [1.29, 1.82) is 0 Å². The number of aliphatic hydroxyl groups excluding tert-OH is 1. The lowest BCUT2D eigenvalue weighted by Gasteiger charge is -2.33. The molecule has 1 heteroatoms. The Bertz CT molecular complexity index is 238. The van der Waals surface area contributed by atoms with E-state index in [0.717, 1.165) is 18.8 Å². The maximum absolute atomic E-state index is 9.26. The van der Waals surface area contributed by atoms with Gasteiger partial charge >= 0.3 is 0 Å². The third kappa shape index (κ3) is 2.68. The Balaban J connectivity index is 2.61. The monoisotopic (exact) mass is 224 g/mol. The highest BCUT2D eigenvalue weighted by Crippen LogP contribution is 2.50. The topological polar surface area (TPSA) is 20.2 Å². The Labute approximate surface area is 101 Å². The van der Waals surface area contributed by atoms with E-state index in [4.69, 9.17) is 0 Å². The van der Waals surface area contributed by atoms with Gasteiger partial charge in [-0.3, -0.25) is 0 Å². The highest BCUT2D eigenvalue weighted by Gasteiger charge is 2.41. The number of aliphatic hydroxyl groups is 1. The van der Waals surface area contributed by atoms with Gasteiger partial charge in [-0.15, -0.1) is 0 Å². The van der Waals surface area contributed by atoms with Gasteiger partial charge in [0.25, 0.3) is 0 Å². The molecule has 0 aromatic carbocycles. The van der Waals surface area contributed by atoms with E-state index in [2.05, 4.69) is 34.3 Å². The number of allylic oxidation sites excluding steroid dienone is 1. The van der Waals surface area contributed by atoms with E-state index in [1.807, 2.05) is 0 Å². The van der Waals surface area contributed by atoms with Crippen LogP contribution in [0.2, 0.25) is 0 Å². The van der Waals surface area contributed by atoms with Crippen LogP contribution < -0.4 is 0 Å². The standard InChI is InChI=1S/C15H28O/c1-6-13(10-16)9-11(2)14-8-7-12(3)15(14,4)5/h12-14,16H,2,6-10H2,1,3-5H3/t12?,13-,14?/m1/s1. The van der Waals surface area contributed by atoms with Crippen LogP contribution in [0.5, 0.6) is 0 Å². The highest BCUT2D eigenvalue weighted by atomic mass is 16.3. The van der Waals surface area contributed by atoms with E-state index in [0.29, 0.717) is 23.9 Å². The first-order valence-corrected chi connectivity index (χ1v) is 6.72. The van der Waals surface area contributed by atoms with Crippen LogP contribution in [0.1, 0.15) is 53.4 Å². The predicted molar refractivity (Wildman–Crippen MR) is 70.3 cm³/mol. The van der Waals surface area contributed by atoms with Crippen molar-refractivity contribution in [2.75, 3.05) is 6.61 Å². The van der Waals surface area contributed by atoms with Crippen LogP contribution >= 0.6 is 0 Å². The first-order valence-electron chi connectivity index (χ1n) is 6.72. The average molecular weight is 224 g/mol. The minimum absolute atomic E-state index is 0.304. The summed E-state index contributed by atoms with van der Waals surface area (Å²) in [5.74, 6) is 1.87. The van der Waals surface area contributed by atoms with Crippen molar-refractivity contribution < 1.29 is 5.11 Å². The summed E-state index contributed by atoms with van der Waals surface area (Å²) in [5.41, 5.74) is 1.76. The molecule has 1 fully saturated rings. The highest BCUT2D eigenvalue weighted by molar-refractivity contribution is 5.10. The fourth-order valence-corrected chi connectivity index (χ4v) is 3.09. The van der Waals surface area contributed by atoms with Crippen LogP contribution in [-0.2, 0) is 0 Å². The molecule has 0 saturated heterocycles. The molecule has 94 valence electrons. The second-order valence-electron chi connectivity index (χ2n) is 6.17. The fraction of sp³-hybridized carbons (Fsp3) is 0.867. The molecule has 2 unspecified atom stereocenters. The molecule has 0 aromatic rings. The number of hydrogen-bond donors (Lipinski definition) is 1. The van der Waals surface area contributed by atoms with Crippen LogP contribution in [-0.4, -0.2) is 11.7 Å². The third-order valence-corrected chi connectivity index (χ3v) is 4.94. The summed E-state index contributed by atoms with van der Waals surface area (Å²) >= 11 is 0. The van der Waals surface area contributed by atoms with E-state index in [1.165, 1.54) is 18.4 Å². The molecular formula is C15H28O. The number of rotatable bonds is 5. The van der Waals surface area contributed by atoms with Crippen LogP contribution in [0.25, 0.3) is 0 Å². The molecule has 1 aliphatic rings. The Morgan fingerprint density at radius 2 is 2.06 bits per heavy atom. The smallest absolute Gasteiger partial charge is 0.0462 e. The maximum Gasteiger partial charge on any atom is 0.0462 e. The molecule has 0 spiro atoms. The molecular weight excluding hydrogens is 196 g/mol. The molecule has 0 amide bonds. The van der Waals surface area contributed by atoms with E-state index >= 15 is 0 Å². The van der Waals surface area contributed by atoms with Crippen molar-refractivity contribution in [2.45, 2.75) is 53.4 Å². The van der Waals surface area contributed by atoms with E-state index in [1.54, 1.807) is 0 Å². The molecule has 1 aliphatic carbocycles. The molecule has 1 rings (SSSR count). The van der Waals surface area contributed by atoms with Gasteiger partial charge in [-0.1, -0.05) is 46.3 Å². The van der Waals surface area contributed by atoms with E-state index in [9.17, 15) is 5.11 Å².